The van der Waals surface area contributed by atoms with Gasteiger partial charge >= 0.3 is 0 Å². The molecule has 1 heterocycles. The highest BCUT2D eigenvalue weighted by atomic mass is 35.5. The molecule has 4 heteroatoms. The highest BCUT2D eigenvalue weighted by molar-refractivity contribution is 7.09. The molecule has 0 fully saturated rings. The van der Waals surface area contributed by atoms with Gasteiger partial charge < -0.3 is 5.32 Å². The number of halogens is 1. The van der Waals surface area contributed by atoms with Gasteiger partial charge in [-0.25, -0.2) is 4.98 Å². The Morgan fingerprint density at radius 1 is 1.67 bits per heavy atom. The quantitative estimate of drug-likeness (QED) is 0.589. The summed E-state index contributed by atoms with van der Waals surface area (Å²) in [5.74, 6) is 0.518. The summed E-state index contributed by atoms with van der Waals surface area (Å²) in [6, 6.07) is 0. The Morgan fingerprint density at radius 2 is 2.50 bits per heavy atom. The number of thiazole rings is 1. The molecule has 1 aromatic heterocycles. The number of alkyl halides is 1. The maximum atomic E-state index is 5.63. The standard InChI is InChI=1S/C8H13ClN2S/c1-2-3-10-5-8-11-7(4-9)6-12-8/h6,10H,2-5H2,1H3. The second kappa shape index (κ2) is 5.51. The lowest BCUT2D eigenvalue weighted by atomic mass is 10.5. The highest BCUT2D eigenvalue weighted by Gasteiger charge is 1.98. The fraction of sp³-hybridized carbons (Fsp3) is 0.625. The molecule has 0 aromatic carbocycles. The minimum absolute atomic E-state index is 0.518. The average molecular weight is 205 g/mol. The van der Waals surface area contributed by atoms with Crippen LogP contribution in [-0.2, 0) is 12.4 Å². The normalized spacial score (nSPS) is 10.5. The van der Waals surface area contributed by atoms with Gasteiger partial charge in [-0.1, -0.05) is 6.92 Å². The minimum Gasteiger partial charge on any atom is -0.310 e. The van der Waals surface area contributed by atoms with Gasteiger partial charge in [0.05, 0.1) is 11.6 Å². The van der Waals surface area contributed by atoms with E-state index >= 15 is 0 Å². The van der Waals surface area contributed by atoms with Gasteiger partial charge in [0.15, 0.2) is 0 Å². The summed E-state index contributed by atoms with van der Waals surface area (Å²) in [6.45, 7) is 4.07. The first-order chi connectivity index (χ1) is 5.86. The molecule has 0 saturated heterocycles. The third kappa shape index (κ3) is 3.09. The summed E-state index contributed by atoms with van der Waals surface area (Å²) in [4.78, 5) is 4.32. The van der Waals surface area contributed by atoms with Crippen LogP contribution in [0, 0.1) is 0 Å². The molecule has 0 aliphatic carbocycles. The summed E-state index contributed by atoms with van der Waals surface area (Å²) in [5, 5.41) is 6.43. The molecule has 0 amide bonds. The first-order valence-corrected chi connectivity index (χ1v) is 5.48. The molecule has 0 radical (unpaired) electrons. The van der Waals surface area contributed by atoms with Crippen molar-refractivity contribution in [2.75, 3.05) is 6.54 Å². The molecule has 0 bridgehead atoms. The van der Waals surface area contributed by atoms with Crippen LogP contribution < -0.4 is 5.32 Å². The molecule has 2 nitrogen and oxygen atoms in total. The Morgan fingerprint density at radius 3 is 3.08 bits per heavy atom. The van der Waals surface area contributed by atoms with Crippen LogP contribution >= 0.6 is 22.9 Å². The Labute approximate surface area is 82.0 Å². The zero-order valence-electron chi connectivity index (χ0n) is 7.14. The van der Waals surface area contributed by atoms with E-state index in [0.29, 0.717) is 5.88 Å². The van der Waals surface area contributed by atoms with Crippen LogP contribution in [0.1, 0.15) is 24.0 Å². The van der Waals surface area contributed by atoms with Crippen molar-refractivity contribution in [2.24, 2.45) is 0 Å². The zero-order chi connectivity index (χ0) is 8.81. The molecule has 68 valence electrons. The van der Waals surface area contributed by atoms with E-state index in [0.717, 1.165) is 30.2 Å². The Bertz CT molecular complexity index is 225. The van der Waals surface area contributed by atoms with Crippen molar-refractivity contribution >= 4 is 22.9 Å². The van der Waals surface area contributed by atoms with Gasteiger partial charge in [-0.2, -0.15) is 0 Å². The van der Waals surface area contributed by atoms with E-state index in [1.807, 2.05) is 5.38 Å². The maximum Gasteiger partial charge on any atom is 0.107 e. The average Bonchev–Trinajstić information content (AvgIpc) is 2.53. The first kappa shape index (κ1) is 9.96. The second-order valence-corrected chi connectivity index (χ2v) is 3.75. The summed E-state index contributed by atoms with van der Waals surface area (Å²) in [7, 11) is 0. The molecule has 0 spiro atoms. The summed E-state index contributed by atoms with van der Waals surface area (Å²) in [5.41, 5.74) is 0.981. The van der Waals surface area contributed by atoms with Gasteiger partial charge in [-0.3, -0.25) is 0 Å². The Kier molecular flexibility index (Phi) is 4.58. The third-order valence-corrected chi connectivity index (χ3v) is 2.61. The molecular weight excluding hydrogens is 192 g/mol. The fourth-order valence-electron chi connectivity index (χ4n) is 0.864. The molecule has 0 unspecified atom stereocenters. The molecule has 0 saturated carbocycles. The van der Waals surface area contributed by atoms with E-state index in [2.05, 4.69) is 17.2 Å². The van der Waals surface area contributed by atoms with Crippen LogP contribution in [0.25, 0.3) is 0 Å². The third-order valence-electron chi connectivity index (χ3n) is 1.44. The second-order valence-electron chi connectivity index (χ2n) is 2.54. The smallest absolute Gasteiger partial charge is 0.107 e. The summed E-state index contributed by atoms with van der Waals surface area (Å²) in [6.07, 6.45) is 1.16. The number of nitrogens with one attached hydrogen (secondary N) is 1. The van der Waals surface area contributed by atoms with Gasteiger partial charge in [0, 0.05) is 11.9 Å². The van der Waals surface area contributed by atoms with Gasteiger partial charge in [0.25, 0.3) is 0 Å². The van der Waals surface area contributed by atoms with Gasteiger partial charge in [-0.05, 0) is 13.0 Å². The van der Waals surface area contributed by atoms with Crippen LogP contribution in [0.15, 0.2) is 5.38 Å². The van der Waals surface area contributed by atoms with Crippen LogP contribution in [0.5, 0.6) is 0 Å². The summed E-state index contributed by atoms with van der Waals surface area (Å²) < 4.78 is 0. The summed E-state index contributed by atoms with van der Waals surface area (Å²) >= 11 is 7.29. The van der Waals surface area contributed by atoms with Crippen molar-refractivity contribution in [1.29, 1.82) is 0 Å². The van der Waals surface area contributed by atoms with E-state index in [1.165, 1.54) is 0 Å². The van der Waals surface area contributed by atoms with E-state index < -0.39 is 0 Å². The fourth-order valence-corrected chi connectivity index (χ4v) is 1.86. The molecule has 0 aliphatic rings. The van der Waals surface area contributed by atoms with E-state index in [-0.39, 0.29) is 0 Å². The van der Waals surface area contributed by atoms with Crippen LogP contribution in [0.4, 0.5) is 0 Å². The van der Waals surface area contributed by atoms with Crippen LogP contribution in [0.3, 0.4) is 0 Å². The van der Waals surface area contributed by atoms with Gasteiger partial charge in [-0.15, -0.1) is 22.9 Å². The molecule has 12 heavy (non-hydrogen) atoms. The highest BCUT2D eigenvalue weighted by Crippen LogP contribution is 2.10. The number of hydrogen-bond donors (Lipinski definition) is 1. The van der Waals surface area contributed by atoms with E-state index in [9.17, 15) is 0 Å². The lowest BCUT2D eigenvalue weighted by molar-refractivity contribution is 0.672. The van der Waals surface area contributed by atoms with Crippen molar-refractivity contribution in [2.45, 2.75) is 25.8 Å². The van der Waals surface area contributed by atoms with Gasteiger partial charge in [0.2, 0.25) is 0 Å². The maximum absolute atomic E-state index is 5.63. The first-order valence-electron chi connectivity index (χ1n) is 4.06. The molecule has 0 atom stereocenters. The molecule has 0 aliphatic heterocycles. The Hall–Kier alpha value is -0.120. The largest absolute Gasteiger partial charge is 0.310 e. The van der Waals surface area contributed by atoms with Crippen molar-refractivity contribution in [3.8, 4) is 0 Å². The van der Waals surface area contributed by atoms with Gasteiger partial charge in [0.1, 0.15) is 5.01 Å². The monoisotopic (exact) mass is 204 g/mol. The SMILES string of the molecule is CCCNCc1nc(CCl)cs1. The number of nitrogens with zero attached hydrogens (tertiary/aromatic N) is 1. The molecular formula is C8H13ClN2S. The number of rotatable bonds is 5. The molecule has 1 rings (SSSR count). The number of aromatic nitrogens is 1. The van der Waals surface area contributed by atoms with Crippen molar-refractivity contribution in [3.05, 3.63) is 16.1 Å². The van der Waals surface area contributed by atoms with E-state index in [4.69, 9.17) is 11.6 Å². The predicted molar refractivity (Wildman–Crippen MR) is 53.7 cm³/mol. The minimum atomic E-state index is 0.518. The Balaban J connectivity index is 2.31. The molecule has 1 aromatic rings. The van der Waals surface area contributed by atoms with E-state index in [1.54, 1.807) is 11.3 Å². The lowest BCUT2D eigenvalue weighted by Gasteiger charge is -1.97. The predicted octanol–water partition coefficient (Wildman–Crippen LogP) is 2.38. The van der Waals surface area contributed by atoms with Crippen LogP contribution in [-0.4, -0.2) is 11.5 Å². The van der Waals surface area contributed by atoms with Crippen molar-refractivity contribution < 1.29 is 0 Å². The lowest BCUT2D eigenvalue weighted by Crippen LogP contribution is -2.13. The van der Waals surface area contributed by atoms with Crippen molar-refractivity contribution in [3.63, 3.8) is 0 Å². The number of hydrogen-bond acceptors (Lipinski definition) is 3. The zero-order valence-corrected chi connectivity index (χ0v) is 8.71. The van der Waals surface area contributed by atoms with Crippen molar-refractivity contribution in [1.82, 2.24) is 10.3 Å². The van der Waals surface area contributed by atoms with Crippen LogP contribution in [0.2, 0.25) is 0 Å². The molecule has 1 N–H and O–H groups in total. The topological polar surface area (TPSA) is 24.9 Å².